The highest BCUT2D eigenvalue weighted by molar-refractivity contribution is 7.21. The molecule has 3 heterocycles. The van der Waals surface area contributed by atoms with Crippen molar-refractivity contribution in [2.45, 2.75) is 19.0 Å². The molecule has 4 rings (SSSR count). The average Bonchev–Trinajstić information content (AvgIpc) is 3.27. The molecule has 1 saturated heterocycles. The van der Waals surface area contributed by atoms with Crippen molar-refractivity contribution in [3.8, 4) is 10.8 Å². The molecule has 0 spiro atoms. The second-order valence-corrected chi connectivity index (χ2v) is 6.99. The maximum Gasteiger partial charge on any atom is 0.222 e. The molecule has 2 aromatic heterocycles. The van der Waals surface area contributed by atoms with E-state index in [0.29, 0.717) is 26.2 Å². The minimum Gasteiger partial charge on any atom is -0.457 e. The van der Waals surface area contributed by atoms with E-state index in [2.05, 4.69) is 15.6 Å². The van der Waals surface area contributed by atoms with E-state index in [1.807, 2.05) is 36.4 Å². The molecule has 6 nitrogen and oxygen atoms in total. The van der Waals surface area contributed by atoms with Gasteiger partial charge >= 0.3 is 0 Å². The molecule has 1 amide bonds. The number of aromatic nitrogens is 1. The van der Waals surface area contributed by atoms with Gasteiger partial charge in [-0.1, -0.05) is 12.1 Å². The van der Waals surface area contributed by atoms with Crippen molar-refractivity contribution in [1.82, 2.24) is 15.6 Å². The Labute approximate surface area is 161 Å². The van der Waals surface area contributed by atoms with Gasteiger partial charge in [-0.05, 0) is 24.3 Å². The Morgan fingerprint density at radius 1 is 1.31 bits per heavy atom. The van der Waals surface area contributed by atoms with Crippen molar-refractivity contribution in [3.63, 3.8) is 0 Å². The molecule has 1 fully saturated rings. The first kappa shape index (κ1) is 18.8. The van der Waals surface area contributed by atoms with Crippen LogP contribution in [0.4, 0.5) is 0 Å². The number of rotatable bonds is 5. The molecule has 0 aliphatic carbocycles. The summed E-state index contributed by atoms with van der Waals surface area (Å²) in [7, 11) is 0. The van der Waals surface area contributed by atoms with Crippen molar-refractivity contribution < 1.29 is 13.9 Å². The number of nitrogens with one attached hydrogen (secondary N) is 2. The summed E-state index contributed by atoms with van der Waals surface area (Å²) >= 11 is 1.60. The normalized spacial score (nSPS) is 17.0. The molecule has 2 N–H and O–H groups in total. The highest BCUT2D eigenvalue weighted by Crippen LogP contribution is 2.31. The van der Waals surface area contributed by atoms with Crippen molar-refractivity contribution >= 4 is 39.9 Å². The van der Waals surface area contributed by atoms with Crippen molar-refractivity contribution in [3.05, 3.63) is 42.2 Å². The van der Waals surface area contributed by atoms with Gasteiger partial charge in [-0.2, -0.15) is 0 Å². The molecule has 1 atom stereocenters. The van der Waals surface area contributed by atoms with Crippen LogP contribution >= 0.6 is 23.7 Å². The zero-order valence-corrected chi connectivity index (χ0v) is 15.7. The number of para-hydroxylation sites is 1. The van der Waals surface area contributed by atoms with Crippen LogP contribution in [0.5, 0.6) is 0 Å². The first-order valence-corrected chi connectivity index (χ1v) is 9.12. The summed E-state index contributed by atoms with van der Waals surface area (Å²) in [5.74, 6) is 1.43. The fraction of sp³-hybridized carbons (Fsp3) is 0.333. The zero-order valence-electron chi connectivity index (χ0n) is 14.1. The molecule has 8 heteroatoms. The molecule has 0 saturated carbocycles. The van der Waals surface area contributed by atoms with Crippen molar-refractivity contribution in [2.75, 3.05) is 19.8 Å². The van der Waals surface area contributed by atoms with Crippen LogP contribution in [0.15, 0.2) is 40.8 Å². The largest absolute Gasteiger partial charge is 0.457 e. The number of thiazole rings is 1. The number of carbonyl (C=O) groups excluding carboxylic acids is 1. The summed E-state index contributed by atoms with van der Waals surface area (Å²) in [6.07, 6.45) is 0.408. The number of hydrogen-bond acceptors (Lipinski definition) is 6. The number of morpholine rings is 1. The van der Waals surface area contributed by atoms with Crippen molar-refractivity contribution in [2.24, 2.45) is 0 Å². The van der Waals surface area contributed by atoms with Gasteiger partial charge in [0.15, 0.2) is 10.8 Å². The number of amides is 1. The first-order valence-electron chi connectivity index (χ1n) is 8.30. The number of furan rings is 1. The number of carbonyl (C=O) groups is 1. The summed E-state index contributed by atoms with van der Waals surface area (Å²) in [5.41, 5.74) is 0.968. The van der Waals surface area contributed by atoms with Gasteiger partial charge in [0, 0.05) is 19.0 Å². The predicted octanol–water partition coefficient (Wildman–Crippen LogP) is 2.97. The molecule has 138 valence electrons. The third kappa shape index (κ3) is 4.42. The number of fused-ring (bicyclic) bond motifs is 1. The van der Waals surface area contributed by atoms with Gasteiger partial charge < -0.3 is 19.8 Å². The Bertz CT molecular complexity index is 840. The quantitative estimate of drug-likeness (QED) is 0.697. The van der Waals surface area contributed by atoms with E-state index in [0.717, 1.165) is 33.3 Å². The van der Waals surface area contributed by atoms with E-state index in [1.54, 1.807) is 11.3 Å². The van der Waals surface area contributed by atoms with Crippen LogP contribution in [0.3, 0.4) is 0 Å². The number of benzene rings is 1. The van der Waals surface area contributed by atoms with Gasteiger partial charge in [0.1, 0.15) is 5.76 Å². The van der Waals surface area contributed by atoms with E-state index in [1.165, 1.54) is 0 Å². The maximum absolute atomic E-state index is 12.0. The minimum atomic E-state index is -0.0130. The lowest BCUT2D eigenvalue weighted by molar-refractivity contribution is -0.122. The molecular formula is C18H20ClN3O3S. The van der Waals surface area contributed by atoms with Gasteiger partial charge in [-0.15, -0.1) is 23.7 Å². The molecule has 0 bridgehead atoms. The summed E-state index contributed by atoms with van der Waals surface area (Å²) in [6.45, 7) is 2.45. The Hall–Kier alpha value is -1.93. The SMILES string of the molecule is Cl.O=C(CC1COCCN1)NCc1ccc(-c2nc3ccccc3s2)o1. The van der Waals surface area contributed by atoms with Crippen LogP contribution in [0.1, 0.15) is 12.2 Å². The fourth-order valence-corrected chi connectivity index (χ4v) is 3.73. The minimum absolute atomic E-state index is 0. The van der Waals surface area contributed by atoms with E-state index in [9.17, 15) is 4.79 Å². The van der Waals surface area contributed by atoms with E-state index in [4.69, 9.17) is 9.15 Å². The standard InChI is InChI=1S/C18H19N3O3S.ClH/c22-17(9-12-11-23-8-7-19-12)20-10-13-5-6-15(24-13)18-21-14-3-1-2-4-16(14)25-18;/h1-6,12,19H,7-11H2,(H,20,22);1H. The Kier molecular flexibility index (Phi) is 6.26. The fourth-order valence-electron chi connectivity index (χ4n) is 2.80. The lowest BCUT2D eigenvalue weighted by Crippen LogP contribution is -2.44. The predicted molar refractivity (Wildman–Crippen MR) is 104 cm³/mol. The second-order valence-electron chi connectivity index (χ2n) is 5.96. The third-order valence-corrected chi connectivity index (χ3v) is 5.11. The van der Waals surface area contributed by atoms with E-state index in [-0.39, 0.29) is 24.4 Å². The van der Waals surface area contributed by atoms with Crippen LogP contribution in [-0.4, -0.2) is 36.7 Å². The summed E-state index contributed by atoms with van der Waals surface area (Å²) in [4.78, 5) is 16.6. The zero-order chi connectivity index (χ0) is 17.1. The number of ether oxygens (including phenoxy) is 1. The number of halogens is 1. The van der Waals surface area contributed by atoms with E-state index >= 15 is 0 Å². The molecule has 1 unspecified atom stereocenters. The van der Waals surface area contributed by atoms with Crippen LogP contribution in [0.2, 0.25) is 0 Å². The highest BCUT2D eigenvalue weighted by Gasteiger charge is 2.17. The summed E-state index contributed by atoms with van der Waals surface area (Å²) in [6, 6.07) is 11.9. The monoisotopic (exact) mass is 393 g/mol. The molecular weight excluding hydrogens is 374 g/mol. The lowest BCUT2D eigenvalue weighted by atomic mass is 10.2. The Morgan fingerprint density at radius 3 is 3.00 bits per heavy atom. The van der Waals surface area contributed by atoms with Gasteiger partial charge in [0.25, 0.3) is 0 Å². The average molecular weight is 394 g/mol. The smallest absolute Gasteiger partial charge is 0.222 e. The second kappa shape index (κ2) is 8.64. The molecule has 0 radical (unpaired) electrons. The Balaban J connectivity index is 0.00000196. The van der Waals surface area contributed by atoms with Gasteiger partial charge in [0.2, 0.25) is 5.91 Å². The maximum atomic E-state index is 12.0. The molecule has 26 heavy (non-hydrogen) atoms. The summed E-state index contributed by atoms with van der Waals surface area (Å²) < 4.78 is 12.3. The topological polar surface area (TPSA) is 76.4 Å². The van der Waals surface area contributed by atoms with Crippen LogP contribution in [0, 0.1) is 0 Å². The molecule has 1 aromatic carbocycles. The van der Waals surface area contributed by atoms with Crippen LogP contribution in [0.25, 0.3) is 21.0 Å². The highest BCUT2D eigenvalue weighted by atomic mass is 35.5. The van der Waals surface area contributed by atoms with Crippen LogP contribution < -0.4 is 10.6 Å². The van der Waals surface area contributed by atoms with Crippen LogP contribution in [-0.2, 0) is 16.1 Å². The first-order chi connectivity index (χ1) is 12.3. The molecule has 1 aliphatic rings. The molecule has 3 aromatic rings. The third-order valence-electron chi connectivity index (χ3n) is 4.06. The van der Waals surface area contributed by atoms with Gasteiger partial charge in [-0.25, -0.2) is 4.98 Å². The lowest BCUT2D eigenvalue weighted by Gasteiger charge is -2.23. The van der Waals surface area contributed by atoms with Gasteiger partial charge in [-0.3, -0.25) is 4.79 Å². The summed E-state index contributed by atoms with van der Waals surface area (Å²) in [5, 5.41) is 7.01. The number of nitrogens with zero attached hydrogens (tertiary/aromatic N) is 1. The van der Waals surface area contributed by atoms with Crippen molar-refractivity contribution in [1.29, 1.82) is 0 Å². The van der Waals surface area contributed by atoms with Gasteiger partial charge in [0.05, 0.1) is 30.0 Å². The molecule has 1 aliphatic heterocycles. The number of hydrogen-bond donors (Lipinski definition) is 2. The van der Waals surface area contributed by atoms with E-state index < -0.39 is 0 Å². The Morgan fingerprint density at radius 2 is 2.19 bits per heavy atom.